The number of fused-ring (bicyclic) bond motifs is 1. The van der Waals surface area contributed by atoms with Crippen molar-refractivity contribution < 1.29 is 0 Å². The molecule has 2 heterocycles. The monoisotopic (exact) mass is 309 g/mol. The molecule has 1 aromatic carbocycles. The van der Waals surface area contributed by atoms with Crippen LogP contribution >= 0.6 is 34.5 Å². The maximum absolute atomic E-state index is 6.08. The van der Waals surface area contributed by atoms with Gasteiger partial charge in [-0.3, -0.25) is 9.39 Å². The van der Waals surface area contributed by atoms with Gasteiger partial charge in [0.05, 0.1) is 6.54 Å². The van der Waals surface area contributed by atoms with Gasteiger partial charge < -0.3 is 0 Å². The van der Waals surface area contributed by atoms with Gasteiger partial charge >= 0.3 is 0 Å². The minimum Gasteiger partial charge on any atom is -0.288 e. The Bertz CT molecular complexity index is 745. The van der Waals surface area contributed by atoms with E-state index in [1.54, 1.807) is 17.6 Å². The zero-order valence-electron chi connectivity index (χ0n) is 9.75. The number of aliphatic imine (C=N–C) groups is 1. The number of hydrogen-bond donors (Lipinski definition) is 0. The Kier molecular flexibility index (Phi) is 3.55. The number of hydrogen-bond acceptors (Lipinski definition) is 3. The Morgan fingerprint density at radius 2 is 2.26 bits per heavy atom. The first-order valence-corrected chi connectivity index (χ1v) is 7.23. The van der Waals surface area contributed by atoms with Gasteiger partial charge in [-0.25, -0.2) is 4.98 Å². The molecule has 6 heteroatoms. The third-order valence-electron chi connectivity index (χ3n) is 2.63. The van der Waals surface area contributed by atoms with E-state index >= 15 is 0 Å². The topological polar surface area (TPSA) is 29.7 Å². The van der Waals surface area contributed by atoms with Gasteiger partial charge in [0, 0.05) is 22.8 Å². The molecule has 2 aromatic heterocycles. The fourth-order valence-corrected chi connectivity index (χ4v) is 2.97. The average molecular weight is 310 g/mol. The molecule has 0 radical (unpaired) electrons. The van der Waals surface area contributed by atoms with Crippen molar-refractivity contribution in [2.75, 3.05) is 0 Å². The number of aromatic nitrogens is 2. The lowest BCUT2D eigenvalue weighted by Crippen LogP contribution is -1.89. The molecule has 96 valence electrons. The van der Waals surface area contributed by atoms with Crippen LogP contribution in [-0.2, 0) is 6.54 Å². The molecule has 0 amide bonds. The predicted molar refractivity (Wildman–Crippen MR) is 80.8 cm³/mol. The summed E-state index contributed by atoms with van der Waals surface area (Å²) in [4.78, 5) is 9.51. The highest BCUT2D eigenvalue weighted by Crippen LogP contribution is 2.20. The molecule has 0 aliphatic carbocycles. The van der Waals surface area contributed by atoms with Crippen molar-refractivity contribution in [3.63, 3.8) is 0 Å². The Morgan fingerprint density at radius 1 is 1.37 bits per heavy atom. The first-order valence-electron chi connectivity index (χ1n) is 5.59. The van der Waals surface area contributed by atoms with Crippen LogP contribution in [0.2, 0.25) is 10.2 Å². The molecule has 0 saturated carbocycles. The largest absolute Gasteiger partial charge is 0.288 e. The normalized spacial score (nSPS) is 11.7. The van der Waals surface area contributed by atoms with Gasteiger partial charge in [-0.1, -0.05) is 35.3 Å². The molecule has 0 unspecified atom stereocenters. The van der Waals surface area contributed by atoms with Crippen LogP contribution in [0.5, 0.6) is 0 Å². The number of halogens is 2. The van der Waals surface area contributed by atoms with E-state index in [2.05, 4.69) is 9.98 Å². The molecular weight excluding hydrogens is 301 g/mol. The molecule has 0 saturated heterocycles. The third-order valence-corrected chi connectivity index (χ3v) is 3.90. The number of nitrogens with zero attached hydrogens (tertiary/aromatic N) is 3. The second kappa shape index (κ2) is 5.33. The standard InChI is InChI=1S/C13H9Cl2N3S/c14-10-3-1-2-9(6-10)7-16-8-11-12(15)17-13-18(11)4-5-19-13/h1-6,8H,7H2. The summed E-state index contributed by atoms with van der Waals surface area (Å²) in [6, 6.07) is 7.64. The number of imidazole rings is 1. The van der Waals surface area contributed by atoms with Gasteiger partial charge in [0.1, 0.15) is 5.69 Å². The van der Waals surface area contributed by atoms with Crippen molar-refractivity contribution in [3.05, 3.63) is 57.3 Å². The Labute approximate surface area is 124 Å². The number of benzene rings is 1. The Balaban J connectivity index is 1.83. The first-order chi connectivity index (χ1) is 9.24. The smallest absolute Gasteiger partial charge is 0.195 e. The summed E-state index contributed by atoms with van der Waals surface area (Å²) >= 11 is 13.5. The van der Waals surface area contributed by atoms with E-state index in [0.29, 0.717) is 11.7 Å². The van der Waals surface area contributed by atoms with Crippen molar-refractivity contribution >= 4 is 45.7 Å². The summed E-state index contributed by atoms with van der Waals surface area (Å²) < 4.78 is 1.93. The lowest BCUT2D eigenvalue weighted by Gasteiger charge is -1.97. The van der Waals surface area contributed by atoms with Gasteiger partial charge in [0.15, 0.2) is 10.1 Å². The molecule has 0 N–H and O–H groups in total. The van der Waals surface area contributed by atoms with Crippen LogP contribution in [0.15, 0.2) is 40.8 Å². The van der Waals surface area contributed by atoms with Gasteiger partial charge in [-0.2, -0.15) is 0 Å². The van der Waals surface area contributed by atoms with Crippen molar-refractivity contribution in [2.45, 2.75) is 6.54 Å². The van der Waals surface area contributed by atoms with Crippen LogP contribution in [0.1, 0.15) is 11.3 Å². The second-order valence-corrected chi connectivity index (χ2v) is 5.61. The molecule has 3 nitrogen and oxygen atoms in total. The minimum absolute atomic E-state index is 0.474. The van der Waals surface area contributed by atoms with Crippen LogP contribution in [0.25, 0.3) is 4.96 Å². The fraction of sp³-hybridized carbons (Fsp3) is 0.0769. The van der Waals surface area contributed by atoms with E-state index < -0.39 is 0 Å². The number of thiazole rings is 1. The second-order valence-electron chi connectivity index (χ2n) is 3.94. The summed E-state index contributed by atoms with van der Waals surface area (Å²) in [7, 11) is 0. The Hall–Kier alpha value is -1.36. The van der Waals surface area contributed by atoms with E-state index in [9.17, 15) is 0 Å². The summed E-state index contributed by atoms with van der Waals surface area (Å²) in [5.74, 6) is 0. The Morgan fingerprint density at radius 3 is 3.11 bits per heavy atom. The first kappa shape index (κ1) is 12.7. The van der Waals surface area contributed by atoms with Gasteiger partial charge in [0.25, 0.3) is 0 Å². The molecular formula is C13H9Cl2N3S. The molecule has 0 aliphatic heterocycles. The number of rotatable bonds is 3. The highest BCUT2D eigenvalue weighted by atomic mass is 35.5. The SMILES string of the molecule is Clc1cccc(CN=Cc2c(Cl)nc3sccn23)c1. The zero-order chi connectivity index (χ0) is 13.2. The lowest BCUT2D eigenvalue weighted by molar-refractivity contribution is 1.07. The molecule has 0 atom stereocenters. The van der Waals surface area contributed by atoms with Gasteiger partial charge in [-0.05, 0) is 17.7 Å². The van der Waals surface area contributed by atoms with E-state index in [-0.39, 0.29) is 0 Å². The van der Waals surface area contributed by atoms with Crippen LogP contribution in [0, 0.1) is 0 Å². The quantitative estimate of drug-likeness (QED) is 0.662. The lowest BCUT2D eigenvalue weighted by atomic mass is 10.2. The maximum Gasteiger partial charge on any atom is 0.195 e. The average Bonchev–Trinajstić information content (AvgIpc) is 2.92. The molecule has 0 fully saturated rings. The summed E-state index contributed by atoms with van der Waals surface area (Å²) in [5.41, 5.74) is 1.87. The van der Waals surface area contributed by atoms with E-state index in [1.165, 1.54) is 0 Å². The maximum atomic E-state index is 6.08. The van der Waals surface area contributed by atoms with Gasteiger partial charge in [0.2, 0.25) is 0 Å². The van der Waals surface area contributed by atoms with Crippen molar-refractivity contribution in [2.24, 2.45) is 4.99 Å². The van der Waals surface area contributed by atoms with Crippen molar-refractivity contribution in [3.8, 4) is 0 Å². The van der Waals surface area contributed by atoms with Crippen LogP contribution in [0.4, 0.5) is 0 Å². The van der Waals surface area contributed by atoms with E-state index in [0.717, 1.165) is 21.2 Å². The van der Waals surface area contributed by atoms with Crippen LogP contribution in [0.3, 0.4) is 0 Å². The predicted octanol–water partition coefficient (Wildman–Crippen LogP) is 4.32. The molecule has 3 rings (SSSR count). The molecule has 0 spiro atoms. The van der Waals surface area contributed by atoms with Crippen LogP contribution < -0.4 is 0 Å². The molecule has 0 aliphatic rings. The minimum atomic E-state index is 0.474. The summed E-state index contributed by atoms with van der Waals surface area (Å²) in [5, 5.41) is 3.16. The van der Waals surface area contributed by atoms with Crippen molar-refractivity contribution in [1.29, 1.82) is 0 Å². The third kappa shape index (κ3) is 2.66. The van der Waals surface area contributed by atoms with E-state index in [4.69, 9.17) is 23.2 Å². The highest BCUT2D eigenvalue weighted by Gasteiger charge is 2.08. The molecule has 3 aromatic rings. The molecule has 19 heavy (non-hydrogen) atoms. The summed E-state index contributed by atoms with van der Waals surface area (Å²) in [6.45, 7) is 0.564. The highest BCUT2D eigenvalue weighted by molar-refractivity contribution is 7.15. The van der Waals surface area contributed by atoms with E-state index in [1.807, 2.05) is 40.2 Å². The van der Waals surface area contributed by atoms with Crippen molar-refractivity contribution in [1.82, 2.24) is 9.38 Å². The summed E-state index contributed by atoms with van der Waals surface area (Å²) in [6.07, 6.45) is 3.68. The van der Waals surface area contributed by atoms with Gasteiger partial charge in [-0.15, -0.1) is 11.3 Å². The fourth-order valence-electron chi connectivity index (χ4n) is 1.77. The molecule has 0 bridgehead atoms. The zero-order valence-corrected chi connectivity index (χ0v) is 12.1. The van der Waals surface area contributed by atoms with Crippen LogP contribution in [-0.4, -0.2) is 15.6 Å².